The van der Waals surface area contributed by atoms with Crippen LogP contribution in [-0.4, -0.2) is 37.8 Å². The monoisotopic (exact) mass is 264 g/mol. The van der Waals surface area contributed by atoms with Crippen LogP contribution in [0.4, 0.5) is 5.69 Å². The minimum atomic E-state index is -0.305. The maximum absolute atomic E-state index is 12.1. The molecule has 0 bridgehead atoms. The molecule has 0 aromatic heterocycles. The van der Waals surface area contributed by atoms with Crippen molar-refractivity contribution in [1.29, 1.82) is 0 Å². The number of hydrogen-bond acceptors (Lipinski definition) is 4. The van der Waals surface area contributed by atoms with Gasteiger partial charge in [-0.25, -0.2) is 0 Å². The Morgan fingerprint density at radius 2 is 2.26 bits per heavy atom. The summed E-state index contributed by atoms with van der Waals surface area (Å²) in [6, 6.07) is 7.13. The van der Waals surface area contributed by atoms with Crippen molar-refractivity contribution < 1.29 is 14.3 Å². The van der Waals surface area contributed by atoms with Crippen LogP contribution >= 0.6 is 0 Å². The van der Waals surface area contributed by atoms with Crippen LogP contribution in [0.25, 0.3) is 0 Å². The fourth-order valence-electron chi connectivity index (χ4n) is 1.88. The molecule has 1 aromatic carbocycles. The summed E-state index contributed by atoms with van der Waals surface area (Å²) in [4.78, 5) is 12.1. The van der Waals surface area contributed by atoms with Crippen molar-refractivity contribution >= 4 is 11.6 Å². The molecule has 1 aliphatic rings. The normalized spacial score (nSPS) is 19.2. The Hall–Kier alpha value is -1.59. The highest BCUT2D eigenvalue weighted by Crippen LogP contribution is 2.25. The maximum Gasteiger partial charge on any atom is 0.244 e. The molecule has 1 aliphatic heterocycles. The van der Waals surface area contributed by atoms with Crippen molar-refractivity contribution in [3.63, 3.8) is 0 Å². The minimum absolute atomic E-state index is 0.0641. The Labute approximate surface area is 113 Å². The molecule has 1 atom stereocenters. The summed E-state index contributed by atoms with van der Waals surface area (Å²) in [6.07, 6.45) is 0.0641. The maximum atomic E-state index is 12.1. The zero-order chi connectivity index (χ0) is 13.7. The van der Waals surface area contributed by atoms with Gasteiger partial charge in [0, 0.05) is 6.54 Å². The molecule has 2 rings (SSSR count). The van der Waals surface area contributed by atoms with Crippen LogP contribution in [0.3, 0.4) is 0 Å². The summed E-state index contributed by atoms with van der Waals surface area (Å²) in [5.41, 5.74) is 0.688. The molecule has 104 valence electrons. The topological polar surface area (TPSA) is 59.6 Å². The van der Waals surface area contributed by atoms with Crippen LogP contribution in [0.2, 0.25) is 0 Å². The molecule has 1 aromatic rings. The number of carbonyl (C=O) groups excluding carboxylic acids is 1. The molecule has 5 nitrogen and oxygen atoms in total. The number of ether oxygens (including phenoxy) is 2. The Bertz CT molecular complexity index is 428. The largest absolute Gasteiger partial charge is 0.489 e. The lowest BCUT2D eigenvalue weighted by molar-refractivity contribution is -0.120. The number of anilines is 1. The highest BCUT2D eigenvalue weighted by Gasteiger charge is 2.22. The lowest BCUT2D eigenvalue weighted by atomic mass is 10.2. The Kier molecular flexibility index (Phi) is 4.76. The number of nitrogens with one attached hydrogen (secondary N) is 2. The first-order valence-electron chi connectivity index (χ1n) is 6.54. The number of rotatable bonds is 4. The summed E-state index contributed by atoms with van der Waals surface area (Å²) in [6.45, 7) is 5.66. The Balaban J connectivity index is 2.03. The molecule has 0 radical (unpaired) electrons. The smallest absolute Gasteiger partial charge is 0.244 e. The van der Waals surface area contributed by atoms with Gasteiger partial charge in [0.25, 0.3) is 0 Å². The van der Waals surface area contributed by atoms with E-state index in [0.717, 1.165) is 0 Å². The van der Waals surface area contributed by atoms with E-state index >= 15 is 0 Å². The second-order valence-electron chi connectivity index (χ2n) is 4.73. The van der Waals surface area contributed by atoms with Gasteiger partial charge in [-0.1, -0.05) is 12.1 Å². The molecule has 0 spiro atoms. The van der Waals surface area contributed by atoms with Crippen molar-refractivity contribution in [2.75, 3.05) is 25.1 Å². The van der Waals surface area contributed by atoms with Crippen molar-refractivity contribution in [3.05, 3.63) is 24.3 Å². The lowest BCUT2D eigenvalue weighted by Crippen LogP contribution is -2.48. The van der Waals surface area contributed by atoms with E-state index in [1.54, 1.807) is 0 Å². The molecule has 1 saturated heterocycles. The number of benzene rings is 1. The van der Waals surface area contributed by atoms with E-state index < -0.39 is 0 Å². The summed E-state index contributed by atoms with van der Waals surface area (Å²) in [7, 11) is 0. The quantitative estimate of drug-likeness (QED) is 0.863. The zero-order valence-corrected chi connectivity index (χ0v) is 11.3. The number of morpholine rings is 1. The standard InChI is InChI=1S/C14H20N2O3/c1-10(2)19-13-6-4-3-5-11(13)16-14(17)12-9-18-8-7-15-12/h3-6,10,12,15H,7-9H2,1-2H3,(H,16,17). The number of carbonyl (C=O) groups is 1. The first kappa shape index (κ1) is 13.8. The molecule has 5 heteroatoms. The highest BCUT2D eigenvalue weighted by atomic mass is 16.5. The molecule has 1 heterocycles. The third kappa shape index (κ3) is 3.94. The van der Waals surface area contributed by atoms with E-state index in [-0.39, 0.29) is 18.1 Å². The molecule has 0 aliphatic carbocycles. The van der Waals surface area contributed by atoms with E-state index in [1.165, 1.54) is 0 Å². The molecule has 1 fully saturated rings. The van der Waals surface area contributed by atoms with Crippen molar-refractivity contribution in [1.82, 2.24) is 5.32 Å². The van der Waals surface area contributed by atoms with Crippen LogP contribution in [0.5, 0.6) is 5.75 Å². The van der Waals surface area contributed by atoms with E-state index in [0.29, 0.717) is 31.2 Å². The van der Waals surface area contributed by atoms with Crippen molar-refractivity contribution in [3.8, 4) is 5.75 Å². The summed E-state index contributed by atoms with van der Waals surface area (Å²) in [5.74, 6) is 0.585. The average Bonchev–Trinajstić information content (AvgIpc) is 2.41. The minimum Gasteiger partial charge on any atom is -0.489 e. The van der Waals surface area contributed by atoms with Gasteiger partial charge in [-0.15, -0.1) is 0 Å². The molecule has 2 N–H and O–H groups in total. The van der Waals surface area contributed by atoms with Gasteiger partial charge in [0.05, 0.1) is 25.0 Å². The fourth-order valence-corrected chi connectivity index (χ4v) is 1.88. The molecule has 19 heavy (non-hydrogen) atoms. The lowest BCUT2D eigenvalue weighted by Gasteiger charge is -2.23. The van der Waals surface area contributed by atoms with Gasteiger partial charge >= 0.3 is 0 Å². The van der Waals surface area contributed by atoms with Gasteiger partial charge in [-0.2, -0.15) is 0 Å². The Morgan fingerprint density at radius 3 is 2.95 bits per heavy atom. The predicted molar refractivity (Wildman–Crippen MR) is 73.4 cm³/mol. The number of amides is 1. The van der Waals surface area contributed by atoms with Crippen LogP contribution in [-0.2, 0) is 9.53 Å². The van der Waals surface area contributed by atoms with Gasteiger partial charge in [-0.3, -0.25) is 4.79 Å². The van der Waals surface area contributed by atoms with Crippen LogP contribution in [0.15, 0.2) is 24.3 Å². The Morgan fingerprint density at radius 1 is 1.47 bits per heavy atom. The fraction of sp³-hybridized carbons (Fsp3) is 0.500. The first-order chi connectivity index (χ1) is 9.16. The SMILES string of the molecule is CC(C)Oc1ccccc1NC(=O)C1COCCN1. The average molecular weight is 264 g/mol. The van der Waals surface area contributed by atoms with Gasteiger partial charge in [0.2, 0.25) is 5.91 Å². The van der Waals surface area contributed by atoms with Crippen LogP contribution in [0, 0.1) is 0 Å². The second kappa shape index (κ2) is 6.54. The van der Waals surface area contributed by atoms with E-state index in [4.69, 9.17) is 9.47 Å². The van der Waals surface area contributed by atoms with E-state index in [2.05, 4.69) is 10.6 Å². The van der Waals surface area contributed by atoms with Gasteiger partial charge in [0.15, 0.2) is 0 Å². The van der Waals surface area contributed by atoms with Gasteiger partial charge < -0.3 is 20.1 Å². The summed E-state index contributed by atoms with van der Waals surface area (Å²) < 4.78 is 10.9. The van der Waals surface area contributed by atoms with Crippen molar-refractivity contribution in [2.45, 2.75) is 26.0 Å². The molecule has 0 saturated carbocycles. The second-order valence-corrected chi connectivity index (χ2v) is 4.73. The highest BCUT2D eigenvalue weighted by molar-refractivity contribution is 5.96. The third-order valence-electron chi connectivity index (χ3n) is 2.75. The first-order valence-corrected chi connectivity index (χ1v) is 6.54. The van der Waals surface area contributed by atoms with Crippen LogP contribution in [0.1, 0.15) is 13.8 Å². The number of para-hydroxylation sites is 2. The molecular weight excluding hydrogens is 244 g/mol. The zero-order valence-electron chi connectivity index (χ0n) is 11.3. The molecule has 1 amide bonds. The van der Waals surface area contributed by atoms with Crippen LogP contribution < -0.4 is 15.4 Å². The van der Waals surface area contributed by atoms with Crippen molar-refractivity contribution in [2.24, 2.45) is 0 Å². The van der Waals surface area contributed by atoms with E-state index in [1.807, 2.05) is 38.1 Å². The van der Waals surface area contributed by atoms with E-state index in [9.17, 15) is 4.79 Å². The summed E-state index contributed by atoms with van der Waals surface area (Å²) in [5, 5.41) is 6.00. The third-order valence-corrected chi connectivity index (χ3v) is 2.75. The number of hydrogen-bond donors (Lipinski definition) is 2. The molecule has 1 unspecified atom stereocenters. The predicted octanol–water partition coefficient (Wildman–Crippen LogP) is 1.40. The summed E-state index contributed by atoms with van der Waals surface area (Å²) >= 11 is 0. The molecular formula is C14H20N2O3. The van der Waals surface area contributed by atoms with Gasteiger partial charge in [0.1, 0.15) is 11.8 Å². The van der Waals surface area contributed by atoms with Gasteiger partial charge in [-0.05, 0) is 26.0 Å².